The van der Waals surface area contributed by atoms with Gasteiger partial charge in [-0.15, -0.1) is 0 Å². The zero-order chi connectivity index (χ0) is 23.8. The minimum atomic E-state index is 0. The molecule has 34 heavy (non-hydrogen) atoms. The predicted octanol–water partition coefficient (Wildman–Crippen LogP) is 6.29. The summed E-state index contributed by atoms with van der Waals surface area (Å²) in [4.78, 5) is 22.8. The van der Waals surface area contributed by atoms with Gasteiger partial charge in [-0.05, 0) is 48.6 Å². The molecule has 2 aliphatic rings. The maximum absolute atomic E-state index is 12.7. The van der Waals surface area contributed by atoms with Gasteiger partial charge < -0.3 is 15.0 Å². The van der Waals surface area contributed by atoms with Gasteiger partial charge in [-0.25, -0.2) is 14.8 Å². The van der Waals surface area contributed by atoms with E-state index in [1.165, 1.54) is 11.1 Å². The van der Waals surface area contributed by atoms with Gasteiger partial charge in [0.1, 0.15) is 5.75 Å². The molecular weight excluding hydrogens is 424 g/mol. The third kappa shape index (κ3) is 6.22. The summed E-state index contributed by atoms with van der Waals surface area (Å²) < 4.78 is 5.73. The second-order valence-corrected chi connectivity index (χ2v) is 8.30. The minimum Gasteiger partial charge on any atom is -0.424 e. The average molecular weight is 459 g/mol. The molecule has 6 nitrogen and oxygen atoms in total. The highest BCUT2D eigenvalue weighted by molar-refractivity contribution is 5.75. The minimum absolute atomic E-state index is 0. The molecule has 3 aromatic rings. The van der Waals surface area contributed by atoms with Gasteiger partial charge in [0.25, 0.3) is 0 Å². The summed E-state index contributed by atoms with van der Waals surface area (Å²) in [7, 11) is 0. The number of urea groups is 1. The van der Waals surface area contributed by atoms with Gasteiger partial charge in [0.15, 0.2) is 0 Å². The Bertz CT molecular complexity index is 1100. The molecule has 5 rings (SSSR count). The van der Waals surface area contributed by atoms with E-state index in [1.807, 2.05) is 43.0 Å². The van der Waals surface area contributed by atoms with E-state index in [1.54, 1.807) is 18.5 Å². The second-order valence-electron chi connectivity index (χ2n) is 8.30. The van der Waals surface area contributed by atoms with Crippen molar-refractivity contribution in [2.75, 3.05) is 13.1 Å². The van der Waals surface area contributed by atoms with Crippen LogP contribution in [0.1, 0.15) is 51.6 Å². The topological polar surface area (TPSA) is 67.4 Å². The number of hydrogen-bond donors (Lipinski definition) is 1. The van der Waals surface area contributed by atoms with Gasteiger partial charge >= 0.3 is 12.0 Å². The van der Waals surface area contributed by atoms with E-state index < -0.39 is 0 Å². The highest BCUT2D eigenvalue weighted by atomic mass is 16.5. The van der Waals surface area contributed by atoms with Gasteiger partial charge in [-0.1, -0.05) is 68.0 Å². The second kappa shape index (κ2) is 11.5. The number of benzene rings is 2. The summed E-state index contributed by atoms with van der Waals surface area (Å²) in [6.45, 7) is 5.49. The molecule has 1 aromatic heterocycles. The summed E-state index contributed by atoms with van der Waals surface area (Å²) in [5.74, 6) is 1.16. The van der Waals surface area contributed by atoms with E-state index in [2.05, 4.69) is 51.7 Å². The fourth-order valence-corrected chi connectivity index (χ4v) is 4.16. The van der Waals surface area contributed by atoms with Gasteiger partial charge in [-0.3, -0.25) is 0 Å². The quantitative estimate of drug-likeness (QED) is 0.488. The molecule has 1 unspecified atom stereocenters. The summed E-state index contributed by atoms with van der Waals surface area (Å²) in [6.07, 6.45) is 8.30. The first kappa shape index (κ1) is 23.5. The first-order valence-corrected chi connectivity index (χ1v) is 12.1. The molecule has 2 atom stereocenters. The molecule has 0 bridgehead atoms. The zero-order valence-electron chi connectivity index (χ0n) is 19.9. The molecular formula is C28H34N4O2. The van der Waals surface area contributed by atoms with Crippen LogP contribution in [0, 0.1) is 0 Å². The Balaban J connectivity index is 0.00000111. The molecule has 2 fully saturated rings. The molecule has 0 spiro atoms. The highest BCUT2D eigenvalue weighted by Crippen LogP contribution is 2.40. The number of nitrogens with zero attached hydrogens (tertiary/aromatic N) is 3. The Labute approximate surface area is 203 Å². The lowest BCUT2D eigenvalue weighted by molar-refractivity contribution is 0.193. The van der Waals surface area contributed by atoms with Gasteiger partial charge in [0, 0.05) is 38.9 Å². The van der Waals surface area contributed by atoms with E-state index in [0.29, 0.717) is 17.7 Å². The van der Waals surface area contributed by atoms with Crippen LogP contribution >= 0.6 is 0 Å². The molecule has 1 aliphatic carbocycles. The lowest BCUT2D eigenvalue weighted by Gasteiger charge is -2.28. The highest BCUT2D eigenvalue weighted by Gasteiger charge is 2.40. The van der Waals surface area contributed by atoms with Crippen molar-refractivity contribution in [2.24, 2.45) is 0 Å². The fourth-order valence-electron chi connectivity index (χ4n) is 4.16. The summed E-state index contributed by atoms with van der Waals surface area (Å²) in [5, 5.41) is 3.21. The molecule has 6 heteroatoms. The number of amides is 2. The molecule has 2 heterocycles. The van der Waals surface area contributed by atoms with Crippen LogP contribution in [0.5, 0.6) is 11.8 Å². The first-order chi connectivity index (χ1) is 16.7. The first-order valence-electron chi connectivity index (χ1n) is 12.1. The number of aromatic nitrogens is 2. The molecule has 1 saturated heterocycles. The van der Waals surface area contributed by atoms with Crippen molar-refractivity contribution in [3.05, 3.63) is 89.8 Å². The van der Waals surface area contributed by atoms with Crippen molar-refractivity contribution in [3.63, 3.8) is 0 Å². The van der Waals surface area contributed by atoms with Crippen molar-refractivity contribution in [1.29, 1.82) is 0 Å². The smallest absolute Gasteiger partial charge is 0.321 e. The van der Waals surface area contributed by atoms with Crippen LogP contribution in [0.15, 0.2) is 78.6 Å². The van der Waals surface area contributed by atoms with Crippen molar-refractivity contribution < 1.29 is 11.0 Å². The lowest BCUT2D eigenvalue weighted by Crippen LogP contribution is -2.44. The van der Waals surface area contributed by atoms with Crippen molar-refractivity contribution in [3.8, 4) is 11.8 Å². The van der Waals surface area contributed by atoms with Gasteiger partial charge in [-0.2, -0.15) is 0 Å². The maximum atomic E-state index is 12.7. The van der Waals surface area contributed by atoms with Gasteiger partial charge in [0.05, 0.1) is 0 Å². The summed E-state index contributed by atoms with van der Waals surface area (Å²) in [6, 6.07) is 20.7. The van der Waals surface area contributed by atoms with Gasteiger partial charge in [0.2, 0.25) is 0 Å². The van der Waals surface area contributed by atoms with Crippen LogP contribution < -0.4 is 10.1 Å². The van der Waals surface area contributed by atoms with E-state index in [-0.39, 0.29) is 13.5 Å². The third-order valence-corrected chi connectivity index (χ3v) is 6.00. The van der Waals surface area contributed by atoms with Crippen LogP contribution in [-0.4, -0.2) is 40.0 Å². The number of hydrogen-bond acceptors (Lipinski definition) is 4. The van der Waals surface area contributed by atoms with Crippen molar-refractivity contribution in [1.82, 2.24) is 20.2 Å². The largest absolute Gasteiger partial charge is 0.424 e. The van der Waals surface area contributed by atoms with Crippen LogP contribution in [0.4, 0.5) is 4.79 Å². The van der Waals surface area contributed by atoms with E-state index in [9.17, 15) is 4.79 Å². The molecule has 178 valence electrons. The number of piperidine rings is 1. The Morgan fingerprint density at radius 2 is 1.76 bits per heavy atom. The number of nitrogens with one attached hydrogen (secondary N) is 1. The van der Waals surface area contributed by atoms with Crippen LogP contribution in [0.2, 0.25) is 0 Å². The number of rotatable bonds is 5. The number of likely N-dealkylation sites (tertiary alicyclic amines) is 1. The third-order valence-electron chi connectivity index (χ3n) is 6.00. The number of carbonyl (C=O) groups excluding carboxylic acids is 1. The fraction of sp³-hybridized carbons (Fsp3) is 0.321. The van der Waals surface area contributed by atoms with E-state index in [4.69, 9.17) is 4.74 Å². The Morgan fingerprint density at radius 1 is 1.03 bits per heavy atom. The standard InChI is InChI=1S/C26H26N4O2.C2H6.H2/c31-26(29-24-18-23(24)21-7-2-1-3-8-21)30-14-10-19(11-15-30)16-20-6-4-9-22(17-20)32-25-27-12-5-13-28-25;1-2;/h1-9,12-13,16-17,23-24H,10-11,14-15,18H2,(H,29,31);1-2H3;1H/t23?,24-;;/m1../s1. The van der Waals surface area contributed by atoms with Crippen molar-refractivity contribution >= 4 is 12.1 Å². The average Bonchev–Trinajstić information content (AvgIpc) is 3.66. The maximum Gasteiger partial charge on any atom is 0.321 e. The Morgan fingerprint density at radius 3 is 2.50 bits per heavy atom. The monoisotopic (exact) mass is 458 g/mol. The normalized spacial score (nSPS) is 18.9. The molecule has 2 aromatic carbocycles. The number of ether oxygens (including phenoxy) is 1. The molecule has 1 N–H and O–H groups in total. The van der Waals surface area contributed by atoms with Crippen LogP contribution in [-0.2, 0) is 0 Å². The summed E-state index contributed by atoms with van der Waals surface area (Å²) >= 11 is 0. The zero-order valence-corrected chi connectivity index (χ0v) is 19.9. The molecule has 2 amide bonds. The Kier molecular flexibility index (Phi) is 7.91. The molecule has 1 aliphatic heterocycles. The summed E-state index contributed by atoms with van der Waals surface area (Å²) in [5.41, 5.74) is 3.73. The lowest BCUT2D eigenvalue weighted by atomic mass is 10.0. The predicted molar refractivity (Wildman–Crippen MR) is 137 cm³/mol. The van der Waals surface area contributed by atoms with Crippen LogP contribution in [0.3, 0.4) is 0 Å². The van der Waals surface area contributed by atoms with E-state index in [0.717, 1.165) is 37.9 Å². The molecule has 1 saturated carbocycles. The SMILES string of the molecule is CC.O=C(N[C@@H]1CC1c1ccccc1)N1CCC(=Cc2cccc(Oc3ncccn3)c2)CC1.[HH]. The number of carbonyl (C=O) groups is 1. The van der Waals surface area contributed by atoms with Crippen molar-refractivity contribution in [2.45, 2.75) is 45.1 Å². The Hall–Kier alpha value is -3.67. The van der Waals surface area contributed by atoms with Crippen LogP contribution in [0.25, 0.3) is 6.08 Å². The molecule has 0 radical (unpaired) electrons. The van der Waals surface area contributed by atoms with E-state index >= 15 is 0 Å².